The first kappa shape index (κ1) is 27.9. The Morgan fingerprint density at radius 1 is 0.532 bits per heavy atom. The van der Waals surface area contributed by atoms with Gasteiger partial charge in [0.05, 0.1) is 22.4 Å². The maximum absolute atomic E-state index is 2.50. The minimum Gasteiger partial charge on any atom is -0.310 e. The van der Waals surface area contributed by atoms with E-state index in [2.05, 4.69) is 184 Å². The van der Waals surface area contributed by atoms with Crippen molar-refractivity contribution in [3.05, 3.63) is 156 Å². The zero-order chi connectivity index (χ0) is 32.1. The topological polar surface area (TPSA) is 8.17 Å². The minimum atomic E-state index is -0.0891. The van der Waals surface area contributed by atoms with Crippen LogP contribution in [0.4, 0.5) is 17.1 Å². The summed E-state index contributed by atoms with van der Waals surface area (Å²) in [6.07, 6.45) is 0. The molecule has 9 rings (SSSR count). The van der Waals surface area contributed by atoms with Gasteiger partial charge in [-0.05, 0) is 80.7 Å². The minimum absolute atomic E-state index is 0.0772. The number of anilines is 3. The van der Waals surface area contributed by atoms with Gasteiger partial charge in [-0.3, -0.25) is 0 Å². The fraction of sp³-hybridized carbons (Fsp3) is 0.156. The summed E-state index contributed by atoms with van der Waals surface area (Å²) in [7, 11) is 0. The predicted octanol–water partition coefficient (Wildman–Crippen LogP) is 12.5. The summed E-state index contributed by atoms with van der Waals surface area (Å²) >= 11 is 0. The van der Waals surface area contributed by atoms with Crippen LogP contribution >= 0.6 is 0 Å². The van der Waals surface area contributed by atoms with E-state index >= 15 is 0 Å². The van der Waals surface area contributed by atoms with Crippen molar-refractivity contribution >= 4 is 60.4 Å². The summed E-state index contributed by atoms with van der Waals surface area (Å²) in [4.78, 5) is 2.46. The fourth-order valence-corrected chi connectivity index (χ4v) is 8.05. The van der Waals surface area contributed by atoms with Gasteiger partial charge in [0.25, 0.3) is 0 Å². The molecule has 0 saturated heterocycles. The van der Waals surface area contributed by atoms with E-state index < -0.39 is 0 Å². The number of para-hydroxylation sites is 2. The largest absolute Gasteiger partial charge is 0.310 e. The summed E-state index contributed by atoms with van der Waals surface area (Å²) in [5.74, 6) is 0. The Kier molecular flexibility index (Phi) is 5.84. The molecule has 2 heteroatoms. The van der Waals surface area contributed by atoms with Crippen molar-refractivity contribution in [1.29, 1.82) is 0 Å². The van der Waals surface area contributed by atoms with Crippen molar-refractivity contribution in [3.8, 4) is 5.69 Å². The summed E-state index contributed by atoms with van der Waals surface area (Å²) in [5, 5.41) is 7.60. The highest BCUT2D eigenvalue weighted by Crippen LogP contribution is 2.49. The molecule has 0 spiro atoms. The fourth-order valence-electron chi connectivity index (χ4n) is 8.05. The van der Waals surface area contributed by atoms with Crippen molar-refractivity contribution < 1.29 is 0 Å². The first-order valence-electron chi connectivity index (χ1n) is 16.7. The lowest BCUT2D eigenvalue weighted by Crippen LogP contribution is -2.26. The van der Waals surface area contributed by atoms with Gasteiger partial charge in [0.15, 0.2) is 0 Å². The number of aromatic nitrogens is 1. The summed E-state index contributed by atoms with van der Waals surface area (Å²) in [5.41, 5.74) is 11.4. The molecule has 228 valence electrons. The second-order valence-electron chi connectivity index (χ2n) is 14.7. The van der Waals surface area contributed by atoms with Crippen molar-refractivity contribution in [1.82, 2.24) is 4.57 Å². The highest BCUT2D eigenvalue weighted by Gasteiger charge is 2.35. The normalized spacial score (nSPS) is 13.8. The molecular formula is C45H38N2. The third kappa shape index (κ3) is 4.04. The highest BCUT2D eigenvalue weighted by atomic mass is 15.1. The lowest BCUT2D eigenvalue weighted by atomic mass is 9.75. The lowest BCUT2D eigenvalue weighted by molar-refractivity contribution is 0.590. The zero-order valence-electron chi connectivity index (χ0n) is 27.7. The van der Waals surface area contributed by atoms with Gasteiger partial charge in [0, 0.05) is 32.9 Å². The summed E-state index contributed by atoms with van der Waals surface area (Å²) in [6.45, 7) is 11.6. The molecule has 2 heterocycles. The highest BCUT2D eigenvalue weighted by molar-refractivity contribution is 6.16. The molecule has 0 fully saturated rings. The summed E-state index contributed by atoms with van der Waals surface area (Å²) < 4.78 is 2.50. The Morgan fingerprint density at radius 2 is 1.17 bits per heavy atom. The van der Waals surface area contributed by atoms with Crippen molar-refractivity contribution in [3.63, 3.8) is 0 Å². The molecule has 0 bridgehead atoms. The van der Waals surface area contributed by atoms with Gasteiger partial charge in [0.2, 0.25) is 0 Å². The van der Waals surface area contributed by atoms with E-state index in [9.17, 15) is 0 Å². The quantitative estimate of drug-likeness (QED) is 0.182. The van der Waals surface area contributed by atoms with Gasteiger partial charge in [-0.2, -0.15) is 0 Å². The molecule has 1 aromatic heterocycles. The van der Waals surface area contributed by atoms with Crippen LogP contribution in [0.15, 0.2) is 140 Å². The molecule has 0 aliphatic carbocycles. The molecular weight excluding hydrogens is 569 g/mol. The number of hydrogen-bond acceptors (Lipinski definition) is 1. The van der Waals surface area contributed by atoms with Crippen LogP contribution in [0.1, 0.15) is 51.3 Å². The number of rotatable bonds is 3. The Balaban J connectivity index is 1.35. The van der Waals surface area contributed by atoms with Crippen LogP contribution in [0.2, 0.25) is 0 Å². The SMILES string of the molecule is CC(C)(C)c1ccc(N(c2ccc3c(c2)c2cccc4c2n3-c2ccccc2C4(C)C)c2cc3ccccc3c3ccccc23)cc1. The van der Waals surface area contributed by atoms with Gasteiger partial charge in [-0.25, -0.2) is 0 Å². The molecule has 1 aliphatic heterocycles. The average molecular weight is 607 g/mol. The monoisotopic (exact) mass is 606 g/mol. The molecule has 0 atom stereocenters. The van der Waals surface area contributed by atoms with Crippen molar-refractivity contribution in [2.24, 2.45) is 0 Å². The molecule has 0 radical (unpaired) electrons. The van der Waals surface area contributed by atoms with Crippen LogP contribution in [-0.2, 0) is 10.8 Å². The van der Waals surface area contributed by atoms with Crippen LogP contribution in [-0.4, -0.2) is 4.57 Å². The Hall–Kier alpha value is -5.34. The second-order valence-corrected chi connectivity index (χ2v) is 14.7. The standard InChI is InChI=1S/C45H38N2/c1-44(2,3)30-21-23-31(24-22-30)46(42-27-29-13-6-7-14-33(29)34-15-8-9-16-35(34)42)32-25-26-40-37(28-32)36-17-12-19-39-43(36)47(40)41-20-11-10-18-38(41)45(39,4)5/h6-28H,1-5H3. The van der Waals surface area contributed by atoms with E-state index in [4.69, 9.17) is 0 Å². The first-order valence-corrected chi connectivity index (χ1v) is 16.7. The number of nitrogens with zero attached hydrogens (tertiary/aromatic N) is 2. The number of fused-ring (bicyclic) bond motifs is 8. The molecule has 7 aromatic carbocycles. The van der Waals surface area contributed by atoms with Gasteiger partial charge in [-0.1, -0.05) is 132 Å². The van der Waals surface area contributed by atoms with E-state index in [1.807, 2.05) is 0 Å². The number of benzene rings is 7. The molecule has 2 nitrogen and oxygen atoms in total. The van der Waals surface area contributed by atoms with Crippen LogP contribution in [0, 0.1) is 0 Å². The van der Waals surface area contributed by atoms with Crippen LogP contribution < -0.4 is 4.90 Å². The van der Waals surface area contributed by atoms with E-state index in [-0.39, 0.29) is 10.8 Å². The van der Waals surface area contributed by atoms with E-state index in [1.54, 1.807) is 0 Å². The predicted molar refractivity (Wildman–Crippen MR) is 201 cm³/mol. The van der Waals surface area contributed by atoms with Gasteiger partial charge < -0.3 is 9.47 Å². The molecule has 0 unspecified atom stereocenters. The Morgan fingerprint density at radius 3 is 1.96 bits per heavy atom. The maximum Gasteiger partial charge on any atom is 0.0582 e. The second kappa shape index (κ2) is 9.83. The molecule has 1 aliphatic rings. The van der Waals surface area contributed by atoms with E-state index in [0.717, 1.165) is 11.4 Å². The third-order valence-electron chi connectivity index (χ3n) is 10.5. The van der Waals surface area contributed by atoms with E-state index in [1.165, 1.54) is 71.4 Å². The Bertz CT molecular complexity index is 2520. The lowest BCUT2D eigenvalue weighted by Gasteiger charge is -2.34. The number of hydrogen-bond donors (Lipinski definition) is 0. The molecule has 0 N–H and O–H groups in total. The summed E-state index contributed by atoms with van der Waals surface area (Å²) in [6, 6.07) is 52.0. The maximum atomic E-state index is 2.50. The first-order chi connectivity index (χ1) is 22.7. The average Bonchev–Trinajstić information content (AvgIpc) is 3.42. The van der Waals surface area contributed by atoms with Crippen LogP contribution in [0.5, 0.6) is 0 Å². The zero-order valence-corrected chi connectivity index (χ0v) is 27.7. The van der Waals surface area contributed by atoms with Crippen LogP contribution in [0.25, 0.3) is 49.0 Å². The molecule has 47 heavy (non-hydrogen) atoms. The molecule has 0 amide bonds. The van der Waals surface area contributed by atoms with Crippen molar-refractivity contribution in [2.75, 3.05) is 4.90 Å². The molecule has 8 aromatic rings. The smallest absolute Gasteiger partial charge is 0.0582 e. The van der Waals surface area contributed by atoms with E-state index in [0.29, 0.717) is 0 Å². The third-order valence-corrected chi connectivity index (χ3v) is 10.5. The van der Waals surface area contributed by atoms with Gasteiger partial charge >= 0.3 is 0 Å². The van der Waals surface area contributed by atoms with Crippen LogP contribution in [0.3, 0.4) is 0 Å². The van der Waals surface area contributed by atoms with Gasteiger partial charge in [0.1, 0.15) is 0 Å². The van der Waals surface area contributed by atoms with Crippen molar-refractivity contribution in [2.45, 2.75) is 45.4 Å². The Labute approximate surface area is 276 Å². The molecule has 0 saturated carbocycles. The van der Waals surface area contributed by atoms with Gasteiger partial charge in [-0.15, -0.1) is 0 Å².